The van der Waals surface area contributed by atoms with Gasteiger partial charge < -0.3 is 14.4 Å². The molecule has 2 aliphatic rings. The minimum absolute atomic E-state index is 0.262. The molecule has 1 amide bonds. The molecule has 0 aliphatic carbocycles. The van der Waals surface area contributed by atoms with E-state index in [0.29, 0.717) is 46.4 Å². The normalized spacial score (nSPS) is 20.6. The first-order valence-electron chi connectivity index (χ1n) is 6.26. The predicted molar refractivity (Wildman–Crippen MR) is 80.8 cm³/mol. The zero-order valence-electron chi connectivity index (χ0n) is 10.5. The van der Waals surface area contributed by atoms with Gasteiger partial charge in [0.1, 0.15) is 0 Å². The van der Waals surface area contributed by atoms with Crippen molar-refractivity contribution in [3.63, 3.8) is 0 Å². The van der Waals surface area contributed by atoms with Crippen LogP contribution >= 0.6 is 39.1 Å². The monoisotopic (exact) mass is 379 g/mol. The topological polar surface area (TPSA) is 38.8 Å². The largest absolute Gasteiger partial charge is 0.338 e. The van der Waals surface area contributed by atoms with Crippen molar-refractivity contribution in [3.05, 3.63) is 27.7 Å². The summed E-state index contributed by atoms with van der Waals surface area (Å²) in [5, 5.41) is 1.52. The quantitative estimate of drug-likeness (QED) is 0.738. The van der Waals surface area contributed by atoms with Gasteiger partial charge in [-0.25, -0.2) is 0 Å². The van der Waals surface area contributed by atoms with Crippen LogP contribution in [0.2, 0.25) is 10.0 Å². The molecule has 7 heteroatoms. The Balaban J connectivity index is 2.21. The number of ether oxygens (including phenoxy) is 2. The van der Waals surface area contributed by atoms with Crippen molar-refractivity contribution in [3.8, 4) is 0 Å². The van der Waals surface area contributed by atoms with Crippen LogP contribution in [0.3, 0.4) is 0 Å². The fraction of sp³-hybridized carbons (Fsp3) is 0.462. The van der Waals surface area contributed by atoms with Gasteiger partial charge in [0, 0.05) is 11.9 Å². The summed E-state index contributed by atoms with van der Waals surface area (Å²) in [4.78, 5) is 14.3. The number of hydrogen-bond acceptors (Lipinski definition) is 3. The van der Waals surface area contributed by atoms with Crippen molar-refractivity contribution >= 4 is 50.7 Å². The molecule has 2 aliphatic heterocycles. The number of fused-ring (bicyclic) bond motifs is 2. The average Bonchev–Trinajstić information content (AvgIpc) is 2.68. The summed E-state index contributed by atoms with van der Waals surface area (Å²) >= 11 is 15.9. The van der Waals surface area contributed by atoms with Gasteiger partial charge in [-0.15, -0.1) is 0 Å². The molecule has 0 bridgehead atoms. The molecular weight excluding hydrogens is 369 g/mol. The van der Waals surface area contributed by atoms with E-state index in [-0.39, 0.29) is 5.91 Å². The van der Waals surface area contributed by atoms with E-state index in [4.69, 9.17) is 32.7 Å². The van der Waals surface area contributed by atoms with Gasteiger partial charge in [0.2, 0.25) is 0 Å². The van der Waals surface area contributed by atoms with Gasteiger partial charge >= 0.3 is 0 Å². The Hall–Kier alpha value is -0.330. The lowest BCUT2D eigenvalue weighted by Gasteiger charge is -2.32. The number of anilines is 1. The van der Waals surface area contributed by atoms with E-state index in [2.05, 4.69) is 15.9 Å². The first-order chi connectivity index (χ1) is 9.62. The van der Waals surface area contributed by atoms with Gasteiger partial charge in [0.25, 0.3) is 11.7 Å². The average molecular weight is 381 g/mol. The third kappa shape index (κ3) is 1.99. The Labute approximate surface area is 135 Å². The van der Waals surface area contributed by atoms with Crippen LogP contribution in [0.15, 0.2) is 12.1 Å². The fourth-order valence-corrected chi connectivity index (χ4v) is 3.49. The van der Waals surface area contributed by atoms with E-state index in [1.54, 1.807) is 17.0 Å². The molecule has 0 aromatic heterocycles. The SMILES string of the molecule is O=C1N(CCBr)c2c(Cl)ccc(Cl)c2C12OCCCO2. The minimum Gasteiger partial charge on any atom is -0.338 e. The van der Waals surface area contributed by atoms with Crippen molar-refractivity contribution in [1.82, 2.24) is 0 Å². The van der Waals surface area contributed by atoms with Gasteiger partial charge in [0.05, 0.1) is 34.5 Å². The number of carbonyl (C=O) groups excluding carboxylic acids is 1. The Morgan fingerprint density at radius 2 is 1.90 bits per heavy atom. The molecule has 1 aromatic rings. The second-order valence-corrected chi connectivity index (χ2v) is 6.17. The van der Waals surface area contributed by atoms with E-state index in [0.717, 1.165) is 6.42 Å². The molecule has 0 radical (unpaired) electrons. The molecule has 108 valence electrons. The number of amides is 1. The summed E-state index contributed by atoms with van der Waals surface area (Å²) in [6.07, 6.45) is 0.751. The van der Waals surface area contributed by atoms with Crippen LogP contribution in [-0.4, -0.2) is 31.0 Å². The Kier molecular flexibility index (Phi) is 3.99. The lowest BCUT2D eigenvalue weighted by molar-refractivity contribution is -0.256. The van der Waals surface area contributed by atoms with E-state index in [9.17, 15) is 4.79 Å². The number of halogens is 3. The lowest BCUT2D eigenvalue weighted by Crippen LogP contribution is -2.47. The molecule has 2 heterocycles. The highest BCUT2D eigenvalue weighted by atomic mass is 79.9. The molecule has 0 unspecified atom stereocenters. The van der Waals surface area contributed by atoms with Crippen LogP contribution in [-0.2, 0) is 20.1 Å². The Bertz CT molecular complexity index is 561. The van der Waals surface area contributed by atoms with E-state index >= 15 is 0 Å². The minimum atomic E-state index is -1.43. The highest BCUT2D eigenvalue weighted by Gasteiger charge is 2.56. The molecule has 1 aromatic carbocycles. The van der Waals surface area contributed by atoms with Crippen LogP contribution in [0.25, 0.3) is 0 Å². The fourth-order valence-electron chi connectivity index (χ4n) is 2.60. The van der Waals surface area contributed by atoms with Crippen molar-refractivity contribution in [2.75, 3.05) is 30.0 Å². The summed E-state index contributed by atoms with van der Waals surface area (Å²) in [5.41, 5.74) is 1.11. The third-order valence-electron chi connectivity index (χ3n) is 3.41. The molecule has 3 rings (SSSR count). The predicted octanol–water partition coefficient (Wildman–Crippen LogP) is 3.32. The number of alkyl halides is 1. The zero-order chi connectivity index (χ0) is 14.3. The van der Waals surface area contributed by atoms with E-state index in [1.165, 1.54) is 0 Å². The summed E-state index contributed by atoms with van der Waals surface area (Å²) in [6, 6.07) is 3.34. The molecule has 1 fully saturated rings. The Morgan fingerprint density at radius 1 is 1.25 bits per heavy atom. The molecule has 1 spiro atoms. The molecule has 20 heavy (non-hydrogen) atoms. The van der Waals surface area contributed by atoms with Crippen LogP contribution in [0.4, 0.5) is 5.69 Å². The second-order valence-electron chi connectivity index (χ2n) is 4.57. The van der Waals surface area contributed by atoms with Crippen molar-refractivity contribution in [1.29, 1.82) is 0 Å². The van der Waals surface area contributed by atoms with Crippen LogP contribution < -0.4 is 4.90 Å². The van der Waals surface area contributed by atoms with E-state index in [1.807, 2.05) is 0 Å². The third-order valence-corrected chi connectivity index (χ3v) is 4.39. The first-order valence-corrected chi connectivity index (χ1v) is 8.14. The highest BCUT2D eigenvalue weighted by Crippen LogP contribution is 2.51. The number of rotatable bonds is 2. The summed E-state index contributed by atoms with van der Waals surface area (Å²) in [7, 11) is 0. The molecule has 0 atom stereocenters. The van der Waals surface area contributed by atoms with Crippen molar-refractivity contribution in [2.24, 2.45) is 0 Å². The Morgan fingerprint density at radius 3 is 2.55 bits per heavy atom. The van der Waals surface area contributed by atoms with Gasteiger partial charge in [-0.3, -0.25) is 4.79 Å². The van der Waals surface area contributed by atoms with E-state index < -0.39 is 5.79 Å². The first kappa shape index (κ1) is 14.6. The number of carbonyl (C=O) groups is 1. The second kappa shape index (κ2) is 5.46. The zero-order valence-corrected chi connectivity index (χ0v) is 13.6. The van der Waals surface area contributed by atoms with Crippen LogP contribution in [0, 0.1) is 0 Å². The molecule has 4 nitrogen and oxygen atoms in total. The van der Waals surface area contributed by atoms with Gasteiger partial charge in [-0.05, 0) is 18.6 Å². The van der Waals surface area contributed by atoms with Gasteiger partial charge in [-0.2, -0.15) is 0 Å². The molecular formula is C13H12BrCl2NO3. The van der Waals surface area contributed by atoms with Crippen molar-refractivity contribution < 1.29 is 14.3 Å². The summed E-state index contributed by atoms with van der Waals surface area (Å²) < 4.78 is 11.4. The number of hydrogen-bond donors (Lipinski definition) is 0. The maximum Gasteiger partial charge on any atom is 0.292 e. The lowest BCUT2D eigenvalue weighted by atomic mass is 10.1. The highest BCUT2D eigenvalue weighted by molar-refractivity contribution is 9.09. The maximum absolute atomic E-state index is 12.8. The van der Waals surface area contributed by atoms with Crippen LogP contribution in [0.5, 0.6) is 0 Å². The summed E-state index contributed by atoms with van der Waals surface area (Å²) in [5.74, 6) is -1.70. The molecule has 0 saturated carbocycles. The number of nitrogens with zero attached hydrogens (tertiary/aromatic N) is 1. The molecule has 1 saturated heterocycles. The van der Waals surface area contributed by atoms with Crippen LogP contribution in [0.1, 0.15) is 12.0 Å². The summed E-state index contributed by atoms with van der Waals surface area (Å²) in [6.45, 7) is 1.38. The van der Waals surface area contributed by atoms with Crippen molar-refractivity contribution in [2.45, 2.75) is 12.2 Å². The van der Waals surface area contributed by atoms with Gasteiger partial charge in [-0.1, -0.05) is 39.1 Å². The maximum atomic E-state index is 12.8. The smallest absolute Gasteiger partial charge is 0.292 e. The standard InChI is InChI=1S/C13H12BrCl2NO3/c14-4-5-17-11-9(16)3-2-8(15)10(11)13(12(17)18)19-6-1-7-20-13/h2-3H,1,4-7H2. The molecule has 0 N–H and O–H groups in total. The van der Waals surface area contributed by atoms with Gasteiger partial charge in [0.15, 0.2) is 0 Å². The number of benzene rings is 1.